The standard InChI is InChI=1S/C11H10Cl2O/c12-10(7-4-8-14)11(13)9-5-2-1-3-6-9/h1-3,5-6,8H,4,7H2/b11-10-. The Morgan fingerprint density at radius 2 is 1.86 bits per heavy atom. The van der Waals surface area contributed by atoms with Crippen molar-refractivity contribution in [1.82, 2.24) is 0 Å². The van der Waals surface area contributed by atoms with E-state index in [0.29, 0.717) is 22.9 Å². The minimum atomic E-state index is 0.405. The molecule has 0 aliphatic carbocycles. The molecule has 0 heterocycles. The Labute approximate surface area is 93.3 Å². The predicted molar refractivity (Wildman–Crippen MR) is 60.4 cm³/mol. The third-order valence-electron chi connectivity index (χ3n) is 1.75. The van der Waals surface area contributed by atoms with E-state index in [4.69, 9.17) is 23.2 Å². The topological polar surface area (TPSA) is 17.1 Å². The van der Waals surface area contributed by atoms with Crippen LogP contribution in [-0.4, -0.2) is 6.29 Å². The van der Waals surface area contributed by atoms with Crippen molar-refractivity contribution in [2.45, 2.75) is 12.8 Å². The lowest BCUT2D eigenvalue weighted by atomic mass is 10.2. The van der Waals surface area contributed by atoms with E-state index >= 15 is 0 Å². The zero-order valence-electron chi connectivity index (χ0n) is 7.54. The van der Waals surface area contributed by atoms with E-state index < -0.39 is 0 Å². The minimum Gasteiger partial charge on any atom is -0.303 e. The summed E-state index contributed by atoms with van der Waals surface area (Å²) in [6.45, 7) is 0. The number of hydrogen-bond donors (Lipinski definition) is 0. The molecule has 1 aromatic carbocycles. The van der Waals surface area contributed by atoms with Crippen LogP contribution in [0.15, 0.2) is 35.4 Å². The molecule has 0 spiro atoms. The molecule has 1 nitrogen and oxygen atoms in total. The van der Waals surface area contributed by atoms with Crippen LogP contribution >= 0.6 is 23.2 Å². The van der Waals surface area contributed by atoms with Gasteiger partial charge in [0, 0.05) is 11.5 Å². The van der Waals surface area contributed by atoms with Gasteiger partial charge in [-0.2, -0.15) is 0 Å². The van der Waals surface area contributed by atoms with Gasteiger partial charge in [-0.05, 0) is 12.0 Å². The highest BCUT2D eigenvalue weighted by Crippen LogP contribution is 2.27. The molecule has 0 fully saturated rings. The Morgan fingerprint density at radius 3 is 2.43 bits per heavy atom. The Bertz CT molecular complexity index is 330. The van der Waals surface area contributed by atoms with Crippen LogP contribution in [0.1, 0.15) is 18.4 Å². The Kier molecular flexibility index (Phi) is 4.71. The van der Waals surface area contributed by atoms with Crippen molar-refractivity contribution in [3.8, 4) is 0 Å². The molecule has 0 amide bonds. The lowest BCUT2D eigenvalue weighted by Gasteiger charge is -2.01. The summed E-state index contributed by atoms with van der Waals surface area (Å²) in [5.41, 5.74) is 0.880. The van der Waals surface area contributed by atoms with E-state index in [1.807, 2.05) is 30.3 Å². The molecule has 0 saturated carbocycles. The third kappa shape index (κ3) is 3.17. The third-order valence-corrected chi connectivity index (χ3v) is 2.67. The van der Waals surface area contributed by atoms with Gasteiger partial charge in [0.2, 0.25) is 0 Å². The smallest absolute Gasteiger partial charge is 0.120 e. The molecule has 74 valence electrons. The molecule has 0 bridgehead atoms. The minimum absolute atomic E-state index is 0.405. The zero-order valence-corrected chi connectivity index (χ0v) is 9.05. The van der Waals surface area contributed by atoms with Gasteiger partial charge in [-0.3, -0.25) is 0 Å². The van der Waals surface area contributed by atoms with Crippen molar-refractivity contribution in [3.63, 3.8) is 0 Å². The normalized spacial score (nSPS) is 12.1. The Morgan fingerprint density at radius 1 is 1.21 bits per heavy atom. The predicted octanol–water partition coefficient (Wildman–Crippen LogP) is 3.81. The number of carbonyl (C=O) groups excluding carboxylic acids is 1. The molecule has 0 radical (unpaired) electrons. The summed E-state index contributed by atoms with van der Waals surface area (Å²) in [6, 6.07) is 9.45. The molecule has 1 rings (SSSR count). The second-order valence-corrected chi connectivity index (χ2v) is 3.62. The maximum atomic E-state index is 10.1. The summed E-state index contributed by atoms with van der Waals surface area (Å²) >= 11 is 12.0. The van der Waals surface area contributed by atoms with Crippen molar-refractivity contribution in [1.29, 1.82) is 0 Å². The second kappa shape index (κ2) is 5.84. The highest BCUT2D eigenvalue weighted by atomic mass is 35.5. The molecule has 0 N–H and O–H groups in total. The fourth-order valence-corrected chi connectivity index (χ4v) is 1.48. The van der Waals surface area contributed by atoms with Gasteiger partial charge in [0.1, 0.15) is 6.29 Å². The highest BCUT2D eigenvalue weighted by Gasteiger charge is 2.03. The first-order valence-electron chi connectivity index (χ1n) is 4.29. The van der Waals surface area contributed by atoms with Crippen molar-refractivity contribution in [3.05, 3.63) is 40.9 Å². The van der Waals surface area contributed by atoms with Crippen LogP contribution in [0, 0.1) is 0 Å². The first kappa shape index (κ1) is 11.3. The van der Waals surface area contributed by atoms with Gasteiger partial charge in [0.25, 0.3) is 0 Å². The lowest BCUT2D eigenvalue weighted by Crippen LogP contribution is -1.82. The number of rotatable bonds is 4. The number of halogens is 2. The molecular weight excluding hydrogens is 219 g/mol. The summed E-state index contributed by atoms with van der Waals surface area (Å²) in [7, 11) is 0. The molecule has 0 atom stereocenters. The van der Waals surface area contributed by atoms with Crippen molar-refractivity contribution in [2.24, 2.45) is 0 Å². The van der Waals surface area contributed by atoms with Crippen LogP contribution in [-0.2, 0) is 4.79 Å². The molecule has 3 heteroatoms. The SMILES string of the molecule is O=CCC/C(Cl)=C(/Cl)c1ccccc1. The molecule has 14 heavy (non-hydrogen) atoms. The fourth-order valence-electron chi connectivity index (χ4n) is 1.04. The largest absolute Gasteiger partial charge is 0.303 e. The van der Waals surface area contributed by atoms with E-state index in [2.05, 4.69) is 0 Å². The van der Waals surface area contributed by atoms with Gasteiger partial charge in [-0.15, -0.1) is 0 Å². The summed E-state index contributed by atoms with van der Waals surface area (Å²) in [6.07, 6.45) is 1.73. The average Bonchev–Trinajstić information content (AvgIpc) is 2.26. The van der Waals surface area contributed by atoms with Crippen LogP contribution < -0.4 is 0 Å². The number of allylic oxidation sites excluding steroid dienone is 1. The van der Waals surface area contributed by atoms with Crippen LogP contribution in [0.4, 0.5) is 0 Å². The number of carbonyl (C=O) groups is 1. The van der Waals surface area contributed by atoms with E-state index in [9.17, 15) is 4.79 Å². The van der Waals surface area contributed by atoms with Crippen molar-refractivity contribution in [2.75, 3.05) is 0 Å². The van der Waals surface area contributed by atoms with Gasteiger partial charge >= 0.3 is 0 Å². The van der Waals surface area contributed by atoms with Gasteiger partial charge in [0.05, 0.1) is 5.03 Å². The molecule has 0 saturated heterocycles. The zero-order chi connectivity index (χ0) is 10.4. The maximum absolute atomic E-state index is 10.1. The summed E-state index contributed by atoms with van der Waals surface area (Å²) in [4.78, 5) is 10.1. The van der Waals surface area contributed by atoms with Crippen LogP contribution in [0.5, 0.6) is 0 Å². The van der Waals surface area contributed by atoms with Gasteiger partial charge in [-0.1, -0.05) is 53.5 Å². The second-order valence-electron chi connectivity index (χ2n) is 2.79. The fraction of sp³-hybridized carbons (Fsp3) is 0.182. The van der Waals surface area contributed by atoms with Gasteiger partial charge < -0.3 is 4.79 Å². The number of aldehydes is 1. The van der Waals surface area contributed by atoms with E-state index in [0.717, 1.165) is 11.8 Å². The van der Waals surface area contributed by atoms with E-state index in [1.165, 1.54) is 0 Å². The van der Waals surface area contributed by atoms with E-state index in [1.54, 1.807) is 0 Å². The van der Waals surface area contributed by atoms with Crippen molar-refractivity contribution < 1.29 is 4.79 Å². The summed E-state index contributed by atoms with van der Waals surface area (Å²) in [5.74, 6) is 0. The van der Waals surface area contributed by atoms with Gasteiger partial charge in [-0.25, -0.2) is 0 Å². The van der Waals surface area contributed by atoms with Crippen LogP contribution in [0.2, 0.25) is 0 Å². The average molecular weight is 229 g/mol. The van der Waals surface area contributed by atoms with Crippen molar-refractivity contribution >= 4 is 34.5 Å². The first-order chi connectivity index (χ1) is 6.75. The summed E-state index contributed by atoms with van der Waals surface area (Å²) < 4.78 is 0. The molecule has 0 aromatic heterocycles. The maximum Gasteiger partial charge on any atom is 0.120 e. The summed E-state index contributed by atoms with van der Waals surface area (Å²) in [5, 5.41) is 1.05. The molecular formula is C11H10Cl2O. The first-order valence-corrected chi connectivity index (χ1v) is 5.04. The Balaban J connectivity index is 2.81. The number of benzene rings is 1. The molecule has 0 aliphatic heterocycles. The molecule has 0 unspecified atom stereocenters. The molecule has 0 aliphatic rings. The van der Waals surface area contributed by atoms with Crippen LogP contribution in [0.3, 0.4) is 0 Å². The van der Waals surface area contributed by atoms with E-state index in [-0.39, 0.29) is 0 Å². The monoisotopic (exact) mass is 228 g/mol. The van der Waals surface area contributed by atoms with Gasteiger partial charge in [0.15, 0.2) is 0 Å². The quantitative estimate of drug-likeness (QED) is 0.717. The van der Waals surface area contributed by atoms with Crippen LogP contribution in [0.25, 0.3) is 5.03 Å². The Hall–Kier alpha value is -0.790. The number of hydrogen-bond acceptors (Lipinski definition) is 1. The highest BCUT2D eigenvalue weighted by molar-refractivity contribution is 6.54. The molecule has 1 aromatic rings. The lowest BCUT2D eigenvalue weighted by molar-refractivity contribution is -0.107.